The molecule has 0 bridgehead atoms. The summed E-state index contributed by atoms with van der Waals surface area (Å²) in [4.78, 5) is 36.5. The zero-order chi connectivity index (χ0) is 25.9. The van der Waals surface area contributed by atoms with Crippen LogP contribution >= 0.6 is 0 Å². The second-order valence-corrected chi connectivity index (χ2v) is 9.57. The normalized spacial score (nSPS) is 11.5. The Morgan fingerprint density at radius 1 is 1.14 bits per heavy atom. The molecule has 3 aromatic heterocycles. The minimum absolute atomic E-state index is 0.140. The molecule has 0 atom stereocenters. The first kappa shape index (κ1) is 25.0. The number of benzene rings is 1. The predicted molar refractivity (Wildman–Crippen MR) is 133 cm³/mol. The van der Waals surface area contributed by atoms with Gasteiger partial charge in [-0.25, -0.2) is 18.1 Å². The van der Waals surface area contributed by atoms with E-state index in [1.165, 1.54) is 42.7 Å². The standard InChI is InChI=1S/C24H26N6O5S/c1-4-7-18-20-21(30(5-2)28-18)24(32)27-22(26-20)17-14-16(8-9-19(17)35-6-3)36(33,34)29-23(31)15-10-12-25-13-11-15/h8-14H,4-7H2,1-3H3,(H,29,31)(H,26,27,32). The Kier molecular flexibility index (Phi) is 7.15. The Bertz CT molecular complexity index is 1580. The quantitative estimate of drug-likeness (QED) is 0.349. The maximum atomic E-state index is 13.0. The molecule has 11 nitrogen and oxygen atoms in total. The van der Waals surface area contributed by atoms with Crippen LogP contribution in [0, 0.1) is 0 Å². The lowest BCUT2D eigenvalue weighted by Crippen LogP contribution is -2.30. The monoisotopic (exact) mass is 510 g/mol. The molecule has 36 heavy (non-hydrogen) atoms. The molecule has 188 valence electrons. The van der Waals surface area contributed by atoms with Crippen LogP contribution in [0.25, 0.3) is 22.4 Å². The smallest absolute Gasteiger partial charge is 0.277 e. The van der Waals surface area contributed by atoms with Gasteiger partial charge in [0.25, 0.3) is 21.5 Å². The van der Waals surface area contributed by atoms with Crippen LogP contribution in [0.5, 0.6) is 5.75 Å². The minimum Gasteiger partial charge on any atom is -0.493 e. The van der Waals surface area contributed by atoms with Crippen LogP contribution in [0.1, 0.15) is 43.2 Å². The molecule has 2 N–H and O–H groups in total. The lowest BCUT2D eigenvalue weighted by Gasteiger charge is -2.13. The Morgan fingerprint density at radius 3 is 2.56 bits per heavy atom. The number of aromatic nitrogens is 5. The van der Waals surface area contributed by atoms with Crippen molar-refractivity contribution in [1.29, 1.82) is 0 Å². The number of aryl methyl sites for hydroxylation is 2. The number of carbonyl (C=O) groups is 1. The van der Waals surface area contributed by atoms with Gasteiger partial charge >= 0.3 is 0 Å². The molecule has 0 fully saturated rings. The highest BCUT2D eigenvalue weighted by Gasteiger charge is 2.23. The van der Waals surface area contributed by atoms with Crippen LogP contribution in [0.2, 0.25) is 0 Å². The van der Waals surface area contributed by atoms with Crippen molar-refractivity contribution in [3.8, 4) is 17.1 Å². The zero-order valence-electron chi connectivity index (χ0n) is 20.1. The summed E-state index contributed by atoms with van der Waals surface area (Å²) in [6.07, 6.45) is 4.23. The second kappa shape index (κ2) is 10.3. The number of sulfonamides is 1. The number of aromatic amines is 1. The molecule has 3 heterocycles. The highest BCUT2D eigenvalue weighted by molar-refractivity contribution is 7.90. The molecule has 0 unspecified atom stereocenters. The fourth-order valence-corrected chi connectivity index (χ4v) is 4.80. The van der Waals surface area contributed by atoms with Crippen molar-refractivity contribution < 1.29 is 17.9 Å². The van der Waals surface area contributed by atoms with Gasteiger partial charge in [-0.2, -0.15) is 5.10 Å². The van der Waals surface area contributed by atoms with Crippen molar-refractivity contribution in [1.82, 2.24) is 29.5 Å². The highest BCUT2D eigenvalue weighted by atomic mass is 32.2. The molecule has 0 saturated heterocycles. The highest BCUT2D eigenvalue weighted by Crippen LogP contribution is 2.31. The number of ether oxygens (including phenoxy) is 1. The SMILES string of the molecule is CCCc1nn(CC)c2c(=O)[nH]c(-c3cc(S(=O)(=O)NC(=O)c4ccncc4)ccc3OCC)nc12. The van der Waals surface area contributed by atoms with Gasteiger partial charge in [0.15, 0.2) is 5.52 Å². The van der Waals surface area contributed by atoms with Crippen molar-refractivity contribution >= 4 is 27.0 Å². The first-order valence-electron chi connectivity index (χ1n) is 11.5. The topological polar surface area (TPSA) is 149 Å². The number of rotatable bonds is 9. The molecular formula is C24H26N6O5S. The van der Waals surface area contributed by atoms with Gasteiger partial charge in [0.1, 0.15) is 17.1 Å². The summed E-state index contributed by atoms with van der Waals surface area (Å²) < 4.78 is 35.4. The molecule has 0 radical (unpaired) electrons. The van der Waals surface area contributed by atoms with Crippen molar-refractivity contribution in [2.45, 2.75) is 45.1 Å². The van der Waals surface area contributed by atoms with Crippen LogP contribution in [0.15, 0.2) is 52.4 Å². The van der Waals surface area contributed by atoms with Crippen LogP contribution in [0.4, 0.5) is 0 Å². The predicted octanol–water partition coefficient (Wildman–Crippen LogP) is 2.67. The number of pyridine rings is 1. The van der Waals surface area contributed by atoms with E-state index in [0.717, 1.165) is 6.42 Å². The Labute approximate surface area is 207 Å². The number of nitrogens with one attached hydrogen (secondary N) is 2. The van der Waals surface area contributed by atoms with E-state index in [-0.39, 0.29) is 21.8 Å². The van der Waals surface area contributed by atoms with Gasteiger partial charge < -0.3 is 9.72 Å². The van der Waals surface area contributed by atoms with Gasteiger partial charge in [0.05, 0.1) is 22.8 Å². The molecule has 0 spiro atoms. The van der Waals surface area contributed by atoms with Crippen LogP contribution < -0.4 is 15.0 Å². The van der Waals surface area contributed by atoms with Crippen molar-refractivity contribution in [3.05, 3.63) is 64.3 Å². The summed E-state index contributed by atoms with van der Waals surface area (Å²) in [5.41, 5.74) is 1.52. The van der Waals surface area contributed by atoms with E-state index in [2.05, 4.69) is 24.8 Å². The van der Waals surface area contributed by atoms with E-state index in [9.17, 15) is 18.0 Å². The molecule has 4 aromatic rings. The first-order chi connectivity index (χ1) is 17.3. The molecular weight excluding hydrogens is 484 g/mol. The van der Waals surface area contributed by atoms with Gasteiger partial charge in [-0.05, 0) is 50.6 Å². The largest absolute Gasteiger partial charge is 0.493 e. The number of nitrogens with zero attached hydrogens (tertiary/aromatic N) is 4. The van der Waals surface area contributed by atoms with E-state index in [0.29, 0.717) is 42.0 Å². The fourth-order valence-electron chi connectivity index (χ4n) is 3.80. The lowest BCUT2D eigenvalue weighted by atomic mass is 10.1. The van der Waals surface area contributed by atoms with E-state index in [1.807, 2.05) is 13.8 Å². The molecule has 0 aliphatic rings. The Hall–Kier alpha value is -4.06. The Morgan fingerprint density at radius 2 is 1.89 bits per heavy atom. The average Bonchev–Trinajstić information content (AvgIpc) is 3.23. The third kappa shape index (κ3) is 4.85. The number of amides is 1. The van der Waals surface area contributed by atoms with Gasteiger partial charge in [0.2, 0.25) is 0 Å². The van der Waals surface area contributed by atoms with Gasteiger partial charge in [-0.1, -0.05) is 13.3 Å². The van der Waals surface area contributed by atoms with Gasteiger partial charge in [0, 0.05) is 24.5 Å². The second-order valence-electron chi connectivity index (χ2n) is 7.89. The molecule has 1 aromatic carbocycles. The number of fused-ring (bicyclic) bond motifs is 1. The molecule has 0 saturated carbocycles. The van der Waals surface area contributed by atoms with Crippen molar-refractivity contribution in [2.75, 3.05) is 6.61 Å². The number of carbonyl (C=O) groups excluding carboxylic acids is 1. The van der Waals surface area contributed by atoms with Gasteiger partial charge in [-0.15, -0.1) is 0 Å². The summed E-state index contributed by atoms with van der Waals surface area (Å²) in [5, 5.41) is 4.53. The van der Waals surface area contributed by atoms with E-state index in [4.69, 9.17) is 4.74 Å². The maximum Gasteiger partial charge on any atom is 0.277 e. The summed E-state index contributed by atoms with van der Waals surface area (Å²) in [5.74, 6) is -0.322. The van der Waals surface area contributed by atoms with E-state index in [1.54, 1.807) is 11.6 Å². The van der Waals surface area contributed by atoms with E-state index >= 15 is 0 Å². The number of hydrogen-bond acceptors (Lipinski definition) is 8. The first-order valence-corrected chi connectivity index (χ1v) is 13.0. The van der Waals surface area contributed by atoms with Crippen LogP contribution in [-0.2, 0) is 23.0 Å². The molecule has 0 aliphatic heterocycles. The lowest BCUT2D eigenvalue weighted by molar-refractivity contribution is 0.0981. The minimum atomic E-state index is -4.25. The average molecular weight is 511 g/mol. The molecule has 1 amide bonds. The molecule has 4 rings (SSSR count). The molecule has 12 heteroatoms. The summed E-state index contributed by atoms with van der Waals surface area (Å²) in [6, 6.07) is 6.92. The van der Waals surface area contributed by atoms with Crippen LogP contribution in [-0.4, -0.2) is 45.7 Å². The van der Waals surface area contributed by atoms with Crippen molar-refractivity contribution in [3.63, 3.8) is 0 Å². The summed E-state index contributed by atoms with van der Waals surface area (Å²) in [6.45, 7) is 6.48. The number of hydrogen-bond donors (Lipinski definition) is 2. The number of H-pyrrole nitrogens is 1. The molecule has 0 aliphatic carbocycles. The maximum absolute atomic E-state index is 13.0. The van der Waals surface area contributed by atoms with Crippen LogP contribution in [0.3, 0.4) is 0 Å². The van der Waals surface area contributed by atoms with Crippen molar-refractivity contribution in [2.24, 2.45) is 0 Å². The zero-order valence-corrected chi connectivity index (χ0v) is 20.9. The Balaban J connectivity index is 1.83. The summed E-state index contributed by atoms with van der Waals surface area (Å²) >= 11 is 0. The summed E-state index contributed by atoms with van der Waals surface area (Å²) in [7, 11) is -4.25. The third-order valence-electron chi connectivity index (χ3n) is 5.44. The fraction of sp³-hybridized carbons (Fsp3) is 0.292. The van der Waals surface area contributed by atoms with Gasteiger partial charge in [-0.3, -0.25) is 19.3 Å². The third-order valence-corrected chi connectivity index (χ3v) is 6.77. The van der Waals surface area contributed by atoms with E-state index < -0.39 is 21.5 Å².